The predicted octanol–water partition coefficient (Wildman–Crippen LogP) is 1.53. The Bertz CT molecular complexity index is 250. The molecule has 1 atom stereocenters. The van der Waals surface area contributed by atoms with E-state index in [-0.39, 0.29) is 5.91 Å². The van der Waals surface area contributed by atoms with Gasteiger partial charge in [0.15, 0.2) is 0 Å². The fourth-order valence-electron chi connectivity index (χ4n) is 1.65. The molecule has 0 heterocycles. The van der Waals surface area contributed by atoms with E-state index in [0.29, 0.717) is 31.3 Å². The van der Waals surface area contributed by atoms with E-state index in [1.54, 1.807) is 6.92 Å². The number of amides is 1. The van der Waals surface area contributed by atoms with Gasteiger partial charge in [-0.1, -0.05) is 13.8 Å². The van der Waals surface area contributed by atoms with Crippen LogP contribution in [-0.4, -0.2) is 19.0 Å². The van der Waals surface area contributed by atoms with Crippen molar-refractivity contribution >= 4 is 5.91 Å². The van der Waals surface area contributed by atoms with Crippen molar-refractivity contribution in [2.75, 3.05) is 13.1 Å². The van der Waals surface area contributed by atoms with Crippen molar-refractivity contribution in [1.82, 2.24) is 5.32 Å². The van der Waals surface area contributed by atoms with Gasteiger partial charge < -0.3 is 11.1 Å². The molecule has 0 saturated carbocycles. The lowest BCUT2D eigenvalue weighted by Crippen LogP contribution is -2.29. The lowest BCUT2D eigenvalue weighted by molar-refractivity contribution is -0.122. The Morgan fingerprint density at radius 1 is 1.44 bits per heavy atom. The monoisotopic (exact) mass is 224 g/mol. The minimum Gasteiger partial charge on any atom is -0.355 e. The van der Waals surface area contributed by atoms with Gasteiger partial charge in [0.1, 0.15) is 0 Å². The van der Waals surface area contributed by atoms with Gasteiger partial charge in [0.25, 0.3) is 0 Å². The molecule has 0 rings (SSSR count). The van der Waals surface area contributed by atoms with E-state index in [2.05, 4.69) is 31.0 Å². The van der Waals surface area contributed by atoms with Crippen molar-refractivity contribution in [1.29, 1.82) is 0 Å². The Morgan fingerprint density at radius 3 is 2.62 bits per heavy atom. The summed E-state index contributed by atoms with van der Waals surface area (Å²) in [5.74, 6) is 6.70. The number of hydrogen-bond acceptors (Lipinski definition) is 2. The highest BCUT2D eigenvalue weighted by molar-refractivity contribution is 5.76. The van der Waals surface area contributed by atoms with Crippen molar-refractivity contribution in [2.45, 2.75) is 40.0 Å². The maximum absolute atomic E-state index is 11.5. The van der Waals surface area contributed by atoms with Crippen LogP contribution < -0.4 is 11.1 Å². The number of nitrogens with one attached hydrogen (secondary N) is 1. The van der Waals surface area contributed by atoms with E-state index in [9.17, 15) is 4.79 Å². The number of carbonyl (C=O) groups is 1. The first-order chi connectivity index (χ1) is 7.60. The number of nitrogens with two attached hydrogens (primary N) is 1. The third kappa shape index (κ3) is 8.31. The molecular formula is C13H24N2O. The van der Waals surface area contributed by atoms with Crippen LogP contribution in [0.3, 0.4) is 0 Å². The van der Waals surface area contributed by atoms with Crippen LogP contribution in [-0.2, 0) is 4.79 Å². The molecule has 3 heteroatoms. The predicted molar refractivity (Wildman–Crippen MR) is 67.7 cm³/mol. The molecule has 0 aromatic carbocycles. The van der Waals surface area contributed by atoms with Gasteiger partial charge in [-0.3, -0.25) is 4.79 Å². The molecule has 0 aliphatic heterocycles. The van der Waals surface area contributed by atoms with Crippen LogP contribution in [0.15, 0.2) is 0 Å². The van der Waals surface area contributed by atoms with E-state index in [1.165, 1.54) is 0 Å². The summed E-state index contributed by atoms with van der Waals surface area (Å²) < 4.78 is 0. The van der Waals surface area contributed by atoms with E-state index >= 15 is 0 Å². The Morgan fingerprint density at radius 2 is 2.12 bits per heavy atom. The van der Waals surface area contributed by atoms with Gasteiger partial charge in [-0.2, -0.15) is 0 Å². The summed E-state index contributed by atoms with van der Waals surface area (Å²) in [5, 5.41) is 2.86. The normalized spacial score (nSPS) is 11.8. The van der Waals surface area contributed by atoms with Crippen LogP contribution in [0.2, 0.25) is 0 Å². The first kappa shape index (κ1) is 15.0. The fourth-order valence-corrected chi connectivity index (χ4v) is 1.65. The maximum Gasteiger partial charge on any atom is 0.220 e. The largest absolute Gasteiger partial charge is 0.355 e. The van der Waals surface area contributed by atoms with Crippen LogP contribution in [0.25, 0.3) is 0 Å². The van der Waals surface area contributed by atoms with Gasteiger partial charge in [0.2, 0.25) is 5.91 Å². The van der Waals surface area contributed by atoms with Crippen LogP contribution in [0.1, 0.15) is 40.0 Å². The molecule has 0 fully saturated rings. The highest BCUT2D eigenvalue weighted by atomic mass is 16.1. The van der Waals surface area contributed by atoms with Gasteiger partial charge in [-0.25, -0.2) is 0 Å². The lowest BCUT2D eigenvalue weighted by atomic mass is 9.94. The zero-order chi connectivity index (χ0) is 12.4. The smallest absolute Gasteiger partial charge is 0.220 e. The summed E-state index contributed by atoms with van der Waals surface area (Å²) in [5.41, 5.74) is 5.64. The van der Waals surface area contributed by atoms with E-state index in [1.807, 2.05) is 0 Å². The van der Waals surface area contributed by atoms with Gasteiger partial charge in [0.05, 0.1) is 0 Å². The summed E-state index contributed by atoms with van der Waals surface area (Å²) in [6.07, 6.45) is 2.27. The lowest BCUT2D eigenvalue weighted by Gasteiger charge is -2.16. The van der Waals surface area contributed by atoms with Crippen LogP contribution in [0, 0.1) is 23.7 Å². The summed E-state index contributed by atoms with van der Waals surface area (Å²) in [6, 6.07) is 0. The van der Waals surface area contributed by atoms with E-state index < -0.39 is 0 Å². The zero-order valence-corrected chi connectivity index (χ0v) is 10.7. The molecular weight excluding hydrogens is 200 g/mol. The second kappa shape index (κ2) is 9.23. The third-order valence-corrected chi connectivity index (χ3v) is 2.36. The summed E-state index contributed by atoms with van der Waals surface area (Å²) in [6.45, 7) is 7.32. The van der Waals surface area contributed by atoms with Crippen molar-refractivity contribution < 1.29 is 4.79 Å². The van der Waals surface area contributed by atoms with Gasteiger partial charge >= 0.3 is 0 Å². The molecule has 0 aromatic rings. The maximum atomic E-state index is 11.5. The fraction of sp³-hybridized carbons (Fsp3) is 0.769. The average Bonchev–Trinajstić information content (AvgIpc) is 2.23. The van der Waals surface area contributed by atoms with E-state index in [0.717, 1.165) is 12.8 Å². The summed E-state index contributed by atoms with van der Waals surface area (Å²) in [7, 11) is 0. The third-order valence-electron chi connectivity index (χ3n) is 2.36. The number of hydrogen-bond donors (Lipinski definition) is 2. The zero-order valence-electron chi connectivity index (χ0n) is 10.7. The second-order valence-corrected chi connectivity index (χ2v) is 4.46. The first-order valence-electron chi connectivity index (χ1n) is 5.96. The Labute approximate surface area is 99.2 Å². The van der Waals surface area contributed by atoms with Crippen molar-refractivity contribution in [3.05, 3.63) is 0 Å². The quantitative estimate of drug-likeness (QED) is 0.509. The molecule has 0 saturated heterocycles. The van der Waals surface area contributed by atoms with Crippen LogP contribution >= 0.6 is 0 Å². The molecule has 0 radical (unpaired) electrons. The van der Waals surface area contributed by atoms with Gasteiger partial charge in [0, 0.05) is 19.4 Å². The summed E-state index contributed by atoms with van der Waals surface area (Å²) in [4.78, 5) is 11.5. The van der Waals surface area contributed by atoms with Crippen LogP contribution in [0.4, 0.5) is 0 Å². The first-order valence-corrected chi connectivity index (χ1v) is 5.96. The summed E-state index contributed by atoms with van der Waals surface area (Å²) >= 11 is 0. The molecule has 92 valence electrons. The van der Waals surface area contributed by atoms with Crippen molar-refractivity contribution in [2.24, 2.45) is 17.6 Å². The molecule has 0 unspecified atom stereocenters. The standard InChI is InChI=1S/C13H24N2O/c1-4-5-6-7-15-13(16)9-12(10-14)8-11(2)3/h11-12H,6-10,14H2,1-3H3,(H,15,16)/t12-/m0/s1. The van der Waals surface area contributed by atoms with E-state index in [4.69, 9.17) is 5.73 Å². The number of carbonyl (C=O) groups excluding carboxylic acids is 1. The topological polar surface area (TPSA) is 55.1 Å². The van der Waals surface area contributed by atoms with Gasteiger partial charge in [-0.05, 0) is 31.7 Å². The molecule has 0 spiro atoms. The molecule has 3 nitrogen and oxygen atoms in total. The SMILES string of the molecule is CC#CCCNC(=O)C[C@@H](CN)CC(C)C. The Kier molecular flexibility index (Phi) is 8.65. The highest BCUT2D eigenvalue weighted by Gasteiger charge is 2.13. The highest BCUT2D eigenvalue weighted by Crippen LogP contribution is 2.13. The van der Waals surface area contributed by atoms with Crippen molar-refractivity contribution in [3.8, 4) is 11.8 Å². The van der Waals surface area contributed by atoms with Gasteiger partial charge in [-0.15, -0.1) is 11.8 Å². The molecule has 3 N–H and O–H groups in total. The van der Waals surface area contributed by atoms with Crippen molar-refractivity contribution in [3.63, 3.8) is 0 Å². The molecule has 0 bridgehead atoms. The second-order valence-electron chi connectivity index (χ2n) is 4.46. The minimum absolute atomic E-state index is 0.0917. The Balaban J connectivity index is 3.76. The molecule has 16 heavy (non-hydrogen) atoms. The molecule has 1 amide bonds. The molecule has 0 aliphatic carbocycles. The minimum atomic E-state index is 0.0917. The Hall–Kier alpha value is -1.01. The molecule has 0 aliphatic rings. The molecule has 0 aromatic heterocycles. The van der Waals surface area contributed by atoms with Crippen LogP contribution in [0.5, 0.6) is 0 Å². The average molecular weight is 224 g/mol. The number of rotatable bonds is 7.